The van der Waals surface area contributed by atoms with Crippen LogP contribution in [0.4, 0.5) is 4.39 Å². The minimum Gasteiger partial charge on any atom is -0.490 e. The predicted molar refractivity (Wildman–Crippen MR) is 133 cm³/mol. The number of hydrogen-bond acceptors (Lipinski definition) is 6. The maximum Gasteiger partial charge on any atom is 0.236 e. The molecule has 0 N–H and O–H groups in total. The first kappa shape index (κ1) is 26.3. The molecule has 0 saturated carbocycles. The number of hydrogen-bond donors (Lipinski definition) is 0. The number of Topliss-reactive ketones (excluding diaryl/α,β-unsaturated/α-hetero) is 1. The SMILES string of the molecule is CC(=O)c1ccc(OC2CCN(C(=O)CN(C)CCCC3(c4ccc(F)cc4)OCCO3)CC2)cc1. The van der Waals surface area contributed by atoms with E-state index in [4.69, 9.17) is 14.2 Å². The number of likely N-dealkylation sites (tertiary alicyclic amines) is 1. The van der Waals surface area contributed by atoms with Crippen LogP contribution in [-0.2, 0) is 20.1 Å². The fourth-order valence-electron chi connectivity index (χ4n) is 4.79. The summed E-state index contributed by atoms with van der Waals surface area (Å²) in [5.74, 6) is -0.233. The quantitative estimate of drug-likeness (QED) is 0.461. The summed E-state index contributed by atoms with van der Waals surface area (Å²) in [5.41, 5.74) is 1.49. The molecule has 194 valence electrons. The van der Waals surface area contributed by atoms with Gasteiger partial charge in [0.2, 0.25) is 5.91 Å². The highest BCUT2D eigenvalue weighted by molar-refractivity contribution is 5.94. The monoisotopic (exact) mass is 498 g/mol. The van der Waals surface area contributed by atoms with Crippen molar-refractivity contribution in [2.75, 3.05) is 46.4 Å². The lowest BCUT2D eigenvalue weighted by Gasteiger charge is -2.33. The summed E-state index contributed by atoms with van der Waals surface area (Å²) in [6, 6.07) is 13.5. The summed E-state index contributed by atoms with van der Waals surface area (Å²) < 4.78 is 31.3. The normalized spacial score (nSPS) is 17.9. The van der Waals surface area contributed by atoms with E-state index in [9.17, 15) is 14.0 Å². The molecule has 2 aliphatic heterocycles. The van der Waals surface area contributed by atoms with Crippen LogP contribution >= 0.6 is 0 Å². The van der Waals surface area contributed by atoms with E-state index in [1.807, 2.05) is 29.0 Å². The van der Waals surface area contributed by atoms with Crippen LogP contribution in [0.5, 0.6) is 5.75 Å². The van der Waals surface area contributed by atoms with E-state index in [2.05, 4.69) is 0 Å². The first-order chi connectivity index (χ1) is 17.3. The number of ether oxygens (including phenoxy) is 3. The Morgan fingerprint density at radius 2 is 1.69 bits per heavy atom. The molecular weight excluding hydrogens is 463 g/mol. The predicted octanol–water partition coefficient (Wildman–Crippen LogP) is 4.01. The zero-order chi connectivity index (χ0) is 25.5. The molecule has 8 heteroatoms. The highest BCUT2D eigenvalue weighted by atomic mass is 19.1. The number of halogens is 1. The average molecular weight is 499 g/mol. The molecule has 2 heterocycles. The topological polar surface area (TPSA) is 68.3 Å². The lowest BCUT2D eigenvalue weighted by molar-refractivity contribution is -0.172. The fourth-order valence-corrected chi connectivity index (χ4v) is 4.79. The molecule has 0 radical (unpaired) electrons. The Hall–Kier alpha value is -2.81. The number of benzene rings is 2. The Morgan fingerprint density at radius 1 is 1.06 bits per heavy atom. The van der Waals surface area contributed by atoms with E-state index in [-0.39, 0.29) is 23.6 Å². The molecule has 2 saturated heterocycles. The number of carbonyl (C=O) groups excluding carboxylic acids is 2. The summed E-state index contributed by atoms with van der Waals surface area (Å²) in [4.78, 5) is 28.2. The second kappa shape index (κ2) is 12.0. The summed E-state index contributed by atoms with van der Waals surface area (Å²) in [6.07, 6.45) is 3.02. The lowest BCUT2D eigenvalue weighted by Crippen LogP contribution is -2.45. The number of piperidine rings is 1. The minimum atomic E-state index is -0.840. The summed E-state index contributed by atoms with van der Waals surface area (Å²) in [6.45, 7) is 4.96. The molecule has 1 amide bonds. The van der Waals surface area contributed by atoms with E-state index in [0.717, 1.165) is 37.1 Å². The van der Waals surface area contributed by atoms with Gasteiger partial charge in [0.1, 0.15) is 17.7 Å². The summed E-state index contributed by atoms with van der Waals surface area (Å²) in [5, 5.41) is 0. The van der Waals surface area contributed by atoms with E-state index in [1.165, 1.54) is 12.1 Å². The van der Waals surface area contributed by atoms with Crippen molar-refractivity contribution < 1.29 is 28.2 Å². The number of ketones is 1. The van der Waals surface area contributed by atoms with Gasteiger partial charge in [-0.2, -0.15) is 0 Å². The van der Waals surface area contributed by atoms with Crippen molar-refractivity contribution in [3.05, 3.63) is 65.5 Å². The molecule has 0 spiro atoms. The van der Waals surface area contributed by atoms with Gasteiger partial charge in [-0.05, 0) is 63.3 Å². The van der Waals surface area contributed by atoms with Crippen molar-refractivity contribution >= 4 is 11.7 Å². The molecule has 0 atom stereocenters. The molecule has 2 aromatic rings. The van der Waals surface area contributed by atoms with Crippen LogP contribution in [0.25, 0.3) is 0 Å². The van der Waals surface area contributed by atoms with Gasteiger partial charge in [-0.3, -0.25) is 14.5 Å². The molecule has 4 rings (SSSR count). The van der Waals surface area contributed by atoms with Crippen LogP contribution in [0, 0.1) is 5.82 Å². The van der Waals surface area contributed by atoms with Gasteiger partial charge in [0, 0.05) is 43.5 Å². The van der Waals surface area contributed by atoms with Crippen molar-refractivity contribution in [1.29, 1.82) is 0 Å². The van der Waals surface area contributed by atoms with Crippen molar-refractivity contribution in [2.45, 2.75) is 44.5 Å². The van der Waals surface area contributed by atoms with Crippen molar-refractivity contribution in [1.82, 2.24) is 9.80 Å². The van der Waals surface area contributed by atoms with Gasteiger partial charge in [0.25, 0.3) is 0 Å². The van der Waals surface area contributed by atoms with E-state index >= 15 is 0 Å². The molecule has 0 bridgehead atoms. The summed E-state index contributed by atoms with van der Waals surface area (Å²) >= 11 is 0. The first-order valence-corrected chi connectivity index (χ1v) is 12.6. The molecule has 2 fully saturated rings. The maximum atomic E-state index is 13.3. The molecule has 0 unspecified atom stereocenters. The Balaban J connectivity index is 1.18. The standard InChI is InChI=1S/C28H35FN2O5/c1-21(32)22-4-10-25(11-5-22)36-26-12-16-31(17-13-26)27(33)20-30(2)15-3-14-28(34-18-19-35-28)23-6-8-24(29)9-7-23/h4-11,26H,3,12-20H2,1-2H3. The number of carbonyl (C=O) groups is 2. The highest BCUT2D eigenvalue weighted by Gasteiger charge is 2.38. The first-order valence-electron chi connectivity index (χ1n) is 12.6. The third-order valence-corrected chi connectivity index (χ3v) is 6.85. The number of nitrogens with zero attached hydrogens (tertiary/aromatic N) is 2. The van der Waals surface area contributed by atoms with Crippen molar-refractivity contribution in [3.8, 4) is 5.75 Å². The molecule has 2 aliphatic rings. The van der Waals surface area contributed by atoms with Gasteiger partial charge in [-0.15, -0.1) is 0 Å². The second-order valence-corrected chi connectivity index (χ2v) is 9.58. The largest absolute Gasteiger partial charge is 0.490 e. The van der Waals surface area contributed by atoms with E-state index in [0.29, 0.717) is 44.8 Å². The smallest absolute Gasteiger partial charge is 0.236 e. The van der Waals surface area contributed by atoms with Crippen LogP contribution < -0.4 is 4.74 Å². The molecule has 7 nitrogen and oxygen atoms in total. The zero-order valence-electron chi connectivity index (χ0n) is 21.1. The zero-order valence-corrected chi connectivity index (χ0v) is 21.1. The third kappa shape index (κ3) is 6.69. The fraction of sp³-hybridized carbons (Fsp3) is 0.500. The Labute approximate surface area is 212 Å². The van der Waals surface area contributed by atoms with Gasteiger partial charge in [0.05, 0.1) is 19.8 Å². The van der Waals surface area contributed by atoms with Crippen LogP contribution in [0.1, 0.15) is 48.5 Å². The van der Waals surface area contributed by atoms with Gasteiger partial charge in [-0.25, -0.2) is 4.39 Å². The van der Waals surface area contributed by atoms with Crippen LogP contribution in [-0.4, -0.2) is 74.0 Å². The van der Waals surface area contributed by atoms with E-state index < -0.39 is 5.79 Å². The molecule has 2 aromatic carbocycles. The Morgan fingerprint density at radius 3 is 2.31 bits per heavy atom. The maximum absolute atomic E-state index is 13.3. The number of rotatable bonds is 10. The highest BCUT2D eigenvalue weighted by Crippen LogP contribution is 2.36. The van der Waals surface area contributed by atoms with Gasteiger partial charge in [0.15, 0.2) is 11.6 Å². The third-order valence-electron chi connectivity index (χ3n) is 6.85. The number of likely N-dealkylation sites (N-methyl/N-ethyl adjacent to an activating group) is 1. The van der Waals surface area contributed by atoms with Gasteiger partial charge >= 0.3 is 0 Å². The number of amides is 1. The van der Waals surface area contributed by atoms with Crippen LogP contribution in [0.2, 0.25) is 0 Å². The van der Waals surface area contributed by atoms with Gasteiger partial charge in [-0.1, -0.05) is 12.1 Å². The van der Waals surface area contributed by atoms with E-state index in [1.54, 1.807) is 31.2 Å². The summed E-state index contributed by atoms with van der Waals surface area (Å²) in [7, 11) is 1.94. The van der Waals surface area contributed by atoms with Crippen LogP contribution in [0.15, 0.2) is 48.5 Å². The molecule has 36 heavy (non-hydrogen) atoms. The Bertz CT molecular complexity index is 1010. The minimum absolute atomic E-state index is 0.0333. The van der Waals surface area contributed by atoms with Crippen molar-refractivity contribution in [2.24, 2.45) is 0 Å². The van der Waals surface area contributed by atoms with Crippen molar-refractivity contribution in [3.63, 3.8) is 0 Å². The molecule has 0 aromatic heterocycles. The molecule has 0 aliphatic carbocycles. The van der Waals surface area contributed by atoms with Gasteiger partial charge < -0.3 is 19.1 Å². The van der Waals surface area contributed by atoms with Crippen LogP contribution in [0.3, 0.4) is 0 Å². The second-order valence-electron chi connectivity index (χ2n) is 9.58. The molecular formula is C28H35FN2O5. The Kier molecular flexibility index (Phi) is 8.72. The lowest BCUT2D eigenvalue weighted by atomic mass is 10.0. The average Bonchev–Trinajstić information content (AvgIpc) is 3.35.